The van der Waals surface area contributed by atoms with E-state index in [9.17, 15) is 4.79 Å². The molecule has 0 spiro atoms. The van der Waals surface area contributed by atoms with Gasteiger partial charge in [0, 0.05) is 13.1 Å². The molecule has 0 atom stereocenters. The summed E-state index contributed by atoms with van der Waals surface area (Å²) in [6.07, 6.45) is 0. The van der Waals surface area contributed by atoms with Gasteiger partial charge in [-0.25, -0.2) is 4.68 Å². The minimum absolute atomic E-state index is 0.121. The second-order valence-corrected chi connectivity index (χ2v) is 8.49. The highest BCUT2D eigenvalue weighted by Gasteiger charge is 2.15. The van der Waals surface area contributed by atoms with Crippen LogP contribution >= 0.6 is 23.1 Å². The Morgan fingerprint density at radius 2 is 1.97 bits per heavy atom. The van der Waals surface area contributed by atoms with Crippen molar-refractivity contribution < 1.29 is 4.79 Å². The largest absolute Gasteiger partial charge is 0.310 e. The molecule has 4 aromatic rings. The predicted octanol–water partition coefficient (Wildman–Crippen LogP) is 4.08. The number of nitrogens with one attached hydrogen (secondary N) is 1. The summed E-state index contributed by atoms with van der Waals surface area (Å²) in [5.74, 6) is 1.56. The second-order valence-electron chi connectivity index (χ2n) is 6.60. The van der Waals surface area contributed by atoms with Crippen LogP contribution in [0.1, 0.15) is 11.3 Å². The van der Waals surface area contributed by atoms with Crippen LogP contribution in [0.4, 0.5) is 5.82 Å². The third-order valence-electron chi connectivity index (χ3n) is 4.29. The van der Waals surface area contributed by atoms with Crippen molar-refractivity contribution in [2.45, 2.75) is 19.0 Å². The molecule has 4 rings (SSSR count). The van der Waals surface area contributed by atoms with Crippen LogP contribution in [0.2, 0.25) is 0 Å². The van der Waals surface area contributed by atoms with Crippen LogP contribution in [0.15, 0.2) is 53.0 Å². The van der Waals surface area contributed by atoms with Gasteiger partial charge in [-0.1, -0.05) is 35.5 Å². The number of aromatic nitrogens is 5. The zero-order valence-corrected chi connectivity index (χ0v) is 17.9. The zero-order valence-electron chi connectivity index (χ0n) is 16.3. The van der Waals surface area contributed by atoms with Gasteiger partial charge in [0.15, 0.2) is 11.0 Å². The Bertz CT molecular complexity index is 1130. The van der Waals surface area contributed by atoms with E-state index in [4.69, 9.17) is 0 Å². The quantitative estimate of drug-likeness (QED) is 0.472. The Balaban J connectivity index is 1.44. The molecule has 9 heteroatoms. The second kappa shape index (κ2) is 8.22. The Kier molecular flexibility index (Phi) is 5.50. The maximum atomic E-state index is 12.6. The van der Waals surface area contributed by atoms with Crippen LogP contribution in [0.25, 0.3) is 16.4 Å². The van der Waals surface area contributed by atoms with Crippen LogP contribution in [0.5, 0.6) is 0 Å². The molecule has 1 amide bonds. The van der Waals surface area contributed by atoms with Crippen molar-refractivity contribution in [1.29, 1.82) is 0 Å². The third kappa shape index (κ3) is 4.25. The van der Waals surface area contributed by atoms with E-state index in [1.165, 1.54) is 17.3 Å². The van der Waals surface area contributed by atoms with E-state index < -0.39 is 0 Å². The molecular formula is C20H20N6OS2. The van der Waals surface area contributed by atoms with E-state index >= 15 is 0 Å². The number of hydrogen-bond donors (Lipinski definition) is 1. The third-order valence-corrected chi connectivity index (χ3v) is 6.17. The standard InChI is InChI=1S/C20H20N6OS2/c1-13-6-8-15(9-7-13)26-17(11-14(2)24-26)21-18(27)12-29-20-23-22-19(25(20)3)16-5-4-10-28-16/h4-11H,12H2,1-3H3,(H,21,27). The maximum absolute atomic E-state index is 12.6. The van der Waals surface area contributed by atoms with Gasteiger partial charge in [-0.3, -0.25) is 4.79 Å². The number of carbonyl (C=O) groups is 1. The summed E-state index contributed by atoms with van der Waals surface area (Å²) in [7, 11) is 1.91. The first-order valence-electron chi connectivity index (χ1n) is 9.01. The highest BCUT2D eigenvalue weighted by Crippen LogP contribution is 2.26. The fourth-order valence-electron chi connectivity index (χ4n) is 2.84. The summed E-state index contributed by atoms with van der Waals surface area (Å²) in [5, 5.41) is 18.6. The number of rotatable bonds is 6. The zero-order chi connectivity index (χ0) is 20.4. The predicted molar refractivity (Wildman–Crippen MR) is 117 cm³/mol. The lowest BCUT2D eigenvalue weighted by Gasteiger charge is -2.09. The maximum Gasteiger partial charge on any atom is 0.236 e. The van der Waals surface area contributed by atoms with Gasteiger partial charge in [0.05, 0.1) is 22.0 Å². The lowest BCUT2D eigenvalue weighted by molar-refractivity contribution is -0.113. The summed E-state index contributed by atoms with van der Waals surface area (Å²) < 4.78 is 3.65. The molecule has 0 bridgehead atoms. The molecular weight excluding hydrogens is 404 g/mol. The van der Waals surface area contributed by atoms with Crippen molar-refractivity contribution in [3.8, 4) is 16.4 Å². The fraction of sp³-hybridized carbons (Fsp3) is 0.200. The number of benzene rings is 1. The van der Waals surface area contributed by atoms with Gasteiger partial charge < -0.3 is 9.88 Å². The molecule has 3 heterocycles. The Morgan fingerprint density at radius 1 is 1.17 bits per heavy atom. The molecule has 1 N–H and O–H groups in total. The molecule has 0 aliphatic carbocycles. The Labute approximate surface area is 176 Å². The van der Waals surface area contributed by atoms with Crippen LogP contribution in [0, 0.1) is 13.8 Å². The first kappa shape index (κ1) is 19.4. The molecule has 0 aliphatic rings. The van der Waals surface area contributed by atoms with Gasteiger partial charge in [-0.2, -0.15) is 5.10 Å². The topological polar surface area (TPSA) is 77.6 Å². The lowest BCUT2D eigenvalue weighted by atomic mass is 10.2. The number of thiophene rings is 1. The minimum Gasteiger partial charge on any atom is -0.310 e. The van der Waals surface area contributed by atoms with Crippen molar-refractivity contribution in [3.05, 3.63) is 59.1 Å². The summed E-state index contributed by atoms with van der Waals surface area (Å²) >= 11 is 2.97. The number of hydrogen-bond acceptors (Lipinski definition) is 6. The number of nitrogens with zero attached hydrogens (tertiary/aromatic N) is 5. The fourth-order valence-corrected chi connectivity index (χ4v) is 4.30. The van der Waals surface area contributed by atoms with Crippen molar-refractivity contribution in [1.82, 2.24) is 24.5 Å². The van der Waals surface area contributed by atoms with Crippen molar-refractivity contribution in [3.63, 3.8) is 0 Å². The van der Waals surface area contributed by atoms with E-state index in [2.05, 4.69) is 20.6 Å². The SMILES string of the molecule is Cc1ccc(-n2nc(C)cc2NC(=O)CSc2nnc(-c3cccs3)n2C)cc1. The van der Waals surface area contributed by atoms with Crippen LogP contribution in [0.3, 0.4) is 0 Å². The number of amides is 1. The molecule has 0 aliphatic heterocycles. The average molecular weight is 425 g/mol. The molecule has 0 saturated carbocycles. The van der Waals surface area contributed by atoms with Crippen LogP contribution in [-0.2, 0) is 11.8 Å². The van der Waals surface area contributed by atoms with E-state index in [0.29, 0.717) is 11.0 Å². The number of anilines is 1. The van der Waals surface area contributed by atoms with E-state index in [-0.39, 0.29) is 11.7 Å². The molecule has 0 unspecified atom stereocenters. The van der Waals surface area contributed by atoms with Crippen molar-refractivity contribution in [2.75, 3.05) is 11.1 Å². The smallest absolute Gasteiger partial charge is 0.236 e. The van der Waals surface area contributed by atoms with Crippen molar-refractivity contribution >= 4 is 34.8 Å². The molecule has 0 saturated heterocycles. The average Bonchev–Trinajstić information content (AvgIpc) is 3.42. The highest BCUT2D eigenvalue weighted by atomic mass is 32.2. The monoisotopic (exact) mass is 424 g/mol. The summed E-state index contributed by atoms with van der Waals surface area (Å²) in [5.41, 5.74) is 2.91. The molecule has 0 fully saturated rings. The van der Waals surface area contributed by atoms with E-state index in [1.807, 2.05) is 73.3 Å². The van der Waals surface area contributed by atoms with Gasteiger partial charge in [0.1, 0.15) is 5.82 Å². The number of thioether (sulfide) groups is 1. The van der Waals surface area contributed by atoms with Crippen molar-refractivity contribution in [2.24, 2.45) is 7.05 Å². The van der Waals surface area contributed by atoms with E-state index in [1.54, 1.807) is 16.0 Å². The molecule has 7 nitrogen and oxygen atoms in total. The first-order chi connectivity index (χ1) is 14.0. The minimum atomic E-state index is -0.121. The summed E-state index contributed by atoms with van der Waals surface area (Å²) in [4.78, 5) is 13.6. The number of carbonyl (C=O) groups excluding carboxylic acids is 1. The van der Waals surface area contributed by atoms with Gasteiger partial charge >= 0.3 is 0 Å². The summed E-state index contributed by atoms with van der Waals surface area (Å²) in [6, 6.07) is 13.9. The molecule has 1 aromatic carbocycles. The van der Waals surface area contributed by atoms with Gasteiger partial charge in [-0.15, -0.1) is 21.5 Å². The van der Waals surface area contributed by atoms with Gasteiger partial charge in [0.2, 0.25) is 5.91 Å². The first-order valence-corrected chi connectivity index (χ1v) is 10.9. The summed E-state index contributed by atoms with van der Waals surface area (Å²) in [6.45, 7) is 3.94. The van der Waals surface area contributed by atoms with Crippen LogP contribution in [-0.4, -0.2) is 36.2 Å². The normalized spacial score (nSPS) is 11.0. The highest BCUT2D eigenvalue weighted by molar-refractivity contribution is 7.99. The van der Waals surface area contributed by atoms with Gasteiger partial charge in [-0.05, 0) is 37.4 Å². The van der Waals surface area contributed by atoms with Crippen LogP contribution < -0.4 is 5.32 Å². The van der Waals surface area contributed by atoms with E-state index in [0.717, 1.165) is 22.1 Å². The molecule has 29 heavy (non-hydrogen) atoms. The molecule has 0 radical (unpaired) electrons. The Morgan fingerprint density at radius 3 is 2.69 bits per heavy atom. The molecule has 148 valence electrons. The molecule has 3 aromatic heterocycles. The lowest BCUT2D eigenvalue weighted by Crippen LogP contribution is -2.17. The number of aryl methyl sites for hydroxylation is 2. The van der Waals surface area contributed by atoms with Gasteiger partial charge in [0.25, 0.3) is 0 Å². The Hall–Kier alpha value is -2.91.